The Kier molecular flexibility index (Phi) is 8.02. The van der Waals surface area contributed by atoms with Gasteiger partial charge in [-0.1, -0.05) is 27.9 Å². The molecule has 2 N–H and O–H groups in total. The van der Waals surface area contributed by atoms with E-state index in [-0.39, 0.29) is 31.8 Å². The van der Waals surface area contributed by atoms with Crippen molar-refractivity contribution in [1.29, 1.82) is 0 Å². The number of hydrogen-bond donors (Lipinski definition) is 2. The Balaban J connectivity index is 0. The maximum Gasteiger partial charge on any atom is 0.244 e. The van der Waals surface area contributed by atoms with E-state index in [2.05, 4.69) is 17.2 Å². The van der Waals surface area contributed by atoms with Gasteiger partial charge < -0.3 is 10.6 Å². The molecule has 0 saturated heterocycles. The molecular formula is C9H18N2O2. The normalized spacial score (nSPS) is 8.54. The molecule has 0 aliphatic carbocycles. The number of carbonyl (C=O) groups excluding carboxylic acids is 2. The summed E-state index contributed by atoms with van der Waals surface area (Å²) in [5.41, 5.74) is 0. The van der Waals surface area contributed by atoms with Crippen molar-refractivity contribution in [3.63, 3.8) is 0 Å². The molecule has 0 atom stereocenters. The monoisotopic (exact) mass is 186 g/mol. The molecule has 4 nitrogen and oxygen atoms in total. The zero-order valence-electron chi connectivity index (χ0n) is 7.39. The predicted octanol–water partition coefficient (Wildman–Crippen LogP) is 0.654. The molecular weight excluding hydrogens is 168 g/mol. The molecule has 76 valence electrons. The summed E-state index contributed by atoms with van der Waals surface area (Å²) in [5, 5.41) is 4.96. The average molecular weight is 186 g/mol. The molecule has 0 rings (SSSR count). The van der Waals surface area contributed by atoms with Gasteiger partial charge in [-0.25, -0.2) is 0 Å². The van der Waals surface area contributed by atoms with Crippen LogP contribution in [-0.4, -0.2) is 18.5 Å². The highest BCUT2D eigenvalue weighted by Crippen LogP contribution is 1.88. The zero-order valence-corrected chi connectivity index (χ0v) is 7.39. The molecule has 0 aromatic carbocycles. The van der Waals surface area contributed by atoms with Crippen LogP contribution < -0.4 is 10.6 Å². The van der Waals surface area contributed by atoms with Gasteiger partial charge in [0.25, 0.3) is 0 Å². The van der Waals surface area contributed by atoms with Crippen molar-refractivity contribution in [1.82, 2.24) is 10.6 Å². The Morgan fingerprint density at radius 1 is 1.38 bits per heavy atom. The van der Waals surface area contributed by atoms with Crippen LogP contribution in [0.4, 0.5) is 0 Å². The summed E-state index contributed by atoms with van der Waals surface area (Å²) in [4.78, 5) is 21.5. The van der Waals surface area contributed by atoms with Gasteiger partial charge in [-0.3, -0.25) is 9.59 Å². The maximum absolute atomic E-state index is 10.9. The van der Waals surface area contributed by atoms with Crippen molar-refractivity contribution in [3.05, 3.63) is 12.7 Å². The Labute approximate surface area is 79.4 Å². The van der Waals surface area contributed by atoms with E-state index < -0.39 is 0 Å². The van der Waals surface area contributed by atoms with Gasteiger partial charge in [0.2, 0.25) is 11.8 Å². The minimum Gasteiger partial charge on any atom is -0.338 e. The van der Waals surface area contributed by atoms with Gasteiger partial charge in [-0.05, 0) is 6.08 Å². The van der Waals surface area contributed by atoms with Crippen LogP contribution in [0.3, 0.4) is 0 Å². The number of amides is 2. The molecule has 0 unspecified atom stereocenters. The smallest absolute Gasteiger partial charge is 0.244 e. The van der Waals surface area contributed by atoms with E-state index >= 15 is 0 Å². The van der Waals surface area contributed by atoms with Crippen LogP contribution in [0.1, 0.15) is 21.3 Å². The second-order valence-electron chi connectivity index (χ2n) is 2.62. The van der Waals surface area contributed by atoms with Crippen molar-refractivity contribution in [2.24, 2.45) is 5.92 Å². The first-order valence-corrected chi connectivity index (χ1v) is 3.76. The second kappa shape index (κ2) is 7.34. The molecule has 2 amide bonds. The quantitative estimate of drug-likeness (QED) is 0.500. The highest BCUT2D eigenvalue weighted by molar-refractivity contribution is 5.87. The van der Waals surface area contributed by atoms with E-state index in [1.807, 2.05) is 0 Å². The van der Waals surface area contributed by atoms with Gasteiger partial charge in [0.05, 0.1) is 6.67 Å². The van der Waals surface area contributed by atoms with E-state index in [0.29, 0.717) is 0 Å². The van der Waals surface area contributed by atoms with Crippen molar-refractivity contribution >= 4 is 11.8 Å². The average Bonchev–Trinajstić information content (AvgIpc) is 2.03. The summed E-state index contributed by atoms with van der Waals surface area (Å²) in [5.74, 6) is -0.441. The van der Waals surface area contributed by atoms with Crippen LogP contribution in [0.15, 0.2) is 12.7 Å². The Bertz CT molecular complexity index is 188. The molecule has 0 spiro atoms. The summed E-state index contributed by atoms with van der Waals surface area (Å²) < 4.78 is 0. The molecule has 0 saturated carbocycles. The van der Waals surface area contributed by atoms with Crippen molar-refractivity contribution in [3.8, 4) is 0 Å². The van der Waals surface area contributed by atoms with Gasteiger partial charge >= 0.3 is 0 Å². The number of carbonyl (C=O) groups is 2. The van der Waals surface area contributed by atoms with E-state index in [1.54, 1.807) is 13.8 Å². The fourth-order valence-electron chi connectivity index (χ4n) is 0.495. The molecule has 0 aromatic rings. The lowest BCUT2D eigenvalue weighted by molar-refractivity contribution is -0.124. The van der Waals surface area contributed by atoms with Crippen molar-refractivity contribution < 1.29 is 9.59 Å². The van der Waals surface area contributed by atoms with Crippen LogP contribution in [0.5, 0.6) is 0 Å². The fourth-order valence-corrected chi connectivity index (χ4v) is 0.495. The van der Waals surface area contributed by atoms with Crippen molar-refractivity contribution in [2.45, 2.75) is 21.3 Å². The van der Waals surface area contributed by atoms with Crippen LogP contribution in [0, 0.1) is 5.92 Å². The van der Waals surface area contributed by atoms with Crippen LogP contribution >= 0.6 is 0 Å². The first-order chi connectivity index (χ1) is 5.57. The van der Waals surface area contributed by atoms with E-state index in [1.165, 1.54) is 0 Å². The van der Waals surface area contributed by atoms with E-state index in [9.17, 15) is 9.59 Å². The van der Waals surface area contributed by atoms with Crippen LogP contribution in [0.2, 0.25) is 0 Å². The van der Waals surface area contributed by atoms with E-state index in [0.717, 1.165) is 6.08 Å². The minimum absolute atomic E-state index is 0. The third kappa shape index (κ3) is 7.05. The molecule has 0 bridgehead atoms. The third-order valence-electron chi connectivity index (χ3n) is 1.24. The van der Waals surface area contributed by atoms with E-state index in [4.69, 9.17) is 0 Å². The maximum atomic E-state index is 10.9. The Hall–Kier alpha value is -1.32. The fraction of sp³-hybridized carbons (Fsp3) is 0.556. The number of nitrogens with one attached hydrogen (secondary N) is 2. The topological polar surface area (TPSA) is 58.2 Å². The van der Waals surface area contributed by atoms with Gasteiger partial charge in [-0.2, -0.15) is 0 Å². The lowest BCUT2D eigenvalue weighted by Gasteiger charge is -2.07. The third-order valence-corrected chi connectivity index (χ3v) is 1.24. The first-order valence-electron chi connectivity index (χ1n) is 3.76. The zero-order chi connectivity index (χ0) is 9.56. The SMILES string of the molecule is C.C=CC(=O)NCNC(=O)C(C)C. The van der Waals surface area contributed by atoms with Gasteiger partial charge in [0.1, 0.15) is 0 Å². The lowest BCUT2D eigenvalue weighted by Crippen LogP contribution is -2.38. The Morgan fingerprint density at radius 2 is 1.92 bits per heavy atom. The summed E-state index contributed by atoms with van der Waals surface area (Å²) in [6, 6.07) is 0. The standard InChI is InChI=1S/C8H14N2O2.CH4/c1-4-7(11)9-5-10-8(12)6(2)3;/h4,6H,1,5H2,2-3H3,(H,9,11)(H,10,12);1H4. The first kappa shape index (κ1) is 14.2. The molecule has 0 aromatic heterocycles. The van der Waals surface area contributed by atoms with Gasteiger partial charge in [0.15, 0.2) is 0 Å². The molecule has 13 heavy (non-hydrogen) atoms. The largest absolute Gasteiger partial charge is 0.338 e. The summed E-state index contributed by atoms with van der Waals surface area (Å²) in [6.45, 7) is 6.99. The minimum atomic E-state index is -0.293. The number of rotatable bonds is 4. The highest BCUT2D eigenvalue weighted by atomic mass is 16.2. The molecule has 0 aliphatic rings. The lowest BCUT2D eigenvalue weighted by atomic mass is 10.2. The summed E-state index contributed by atoms with van der Waals surface area (Å²) >= 11 is 0. The second-order valence-corrected chi connectivity index (χ2v) is 2.62. The Morgan fingerprint density at radius 3 is 2.31 bits per heavy atom. The predicted molar refractivity (Wildman–Crippen MR) is 52.9 cm³/mol. The molecule has 0 fully saturated rings. The molecule has 4 heteroatoms. The molecule has 0 heterocycles. The van der Waals surface area contributed by atoms with Crippen LogP contribution in [0.25, 0.3) is 0 Å². The van der Waals surface area contributed by atoms with Gasteiger partial charge in [-0.15, -0.1) is 0 Å². The highest BCUT2D eigenvalue weighted by Gasteiger charge is 2.04. The molecule has 0 aliphatic heterocycles. The van der Waals surface area contributed by atoms with Gasteiger partial charge in [0, 0.05) is 5.92 Å². The molecule has 0 radical (unpaired) electrons. The number of hydrogen-bond acceptors (Lipinski definition) is 2. The summed E-state index contributed by atoms with van der Waals surface area (Å²) in [7, 11) is 0. The summed E-state index contributed by atoms with van der Waals surface area (Å²) in [6.07, 6.45) is 1.15. The van der Waals surface area contributed by atoms with Crippen LogP contribution in [-0.2, 0) is 9.59 Å². The van der Waals surface area contributed by atoms with Crippen molar-refractivity contribution in [2.75, 3.05) is 6.67 Å².